The summed E-state index contributed by atoms with van der Waals surface area (Å²) in [7, 11) is 0. The van der Waals surface area contributed by atoms with E-state index in [0.29, 0.717) is 12.4 Å². The summed E-state index contributed by atoms with van der Waals surface area (Å²) in [4.78, 5) is 18.3. The Hall–Kier alpha value is -0.980. The first-order valence-corrected chi connectivity index (χ1v) is 7.34. The zero-order chi connectivity index (χ0) is 13.2. The highest BCUT2D eigenvalue weighted by atomic mass is 79.9. The van der Waals surface area contributed by atoms with Gasteiger partial charge in [0, 0.05) is 23.8 Å². The number of amides is 1. The number of pyridine rings is 1. The van der Waals surface area contributed by atoms with Gasteiger partial charge in [0.1, 0.15) is 5.82 Å². The van der Waals surface area contributed by atoms with Gasteiger partial charge in [-0.25, -0.2) is 4.98 Å². The number of carbonyl (C=O) groups is 1. The third kappa shape index (κ3) is 3.13. The molecule has 2 atom stereocenters. The normalized spacial score (nSPS) is 26.4. The predicted octanol–water partition coefficient (Wildman–Crippen LogP) is 0.934. The third-order valence-corrected chi connectivity index (χ3v) is 4.30. The van der Waals surface area contributed by atoms with Crippen LogP contribution in [-0.2, 0) is 4.79 Å². The Morgan fingerprint density at radius 3 is 2.79 bits per heavy atom. The molecule has 1 amide bonds. The first kappa shape index (κ1) is 13.0. The molecule has 6 heteroatoms. The standard InChI is InChI=1S/C13H17BrN4O/c14-11-1-2-12(16-5-11)17-13(19)8-18-6-9-3-15-4-10(9)7-18/h1-2,5,9-10,15H,3-4,6-8H2,(H,16,17,19). The number of nitrogens with one attached hydrogen (secondary N) is 2. The molecule has 5 nitrogen and oxygen atoms in total. The van der Waals surface area contributed by atoms with Crippen molar-refractivity contribution in [3.05, 3.63) is 22.8 Å². The number of aromatic nitrogens is 1. The van der Waals surface area contributed by atoms with Gasteiger partial charge in [-0.3, -0.25) is 9.69 Å². The maximum absolute atomic E-state index is 12.0. The number of rotatable bonds is 3. The van der Waals surface area contributed by atoms with Gasteiger partial charge in [-0.15, -0.1) is 0 Å². The SMILES string of the molecule is O=C(CN1CC2CNCC2C1)Nc1ccc(Br)cn1. The Bertz CT molecular complexity index is 452. The first-order chi connectivity index (χ1) is 9.20. The van der Waals surface area contributed by atoms with Crippen molar-refractivity contribution in [2.45, 2.75) is 0 Å². The molecule has 0 aromatic carbocycles. The van der Waals surface area contributed by atoms with E-state index in [0.717, 1.165) is 42.5 Å². The average Bonchev–Trinajstić information content (AvgIpc) is 2.92. The summed E-state index contributed by atoms with van der Waals surface area (Å²) in [5.41, 5.74) is 0. The number of fused-ring (bicyclic) bond motifs is 1. The Morgan fingerprint density at radius 1 is 1.42 bits per heavy atom. The number of hydrogen-bond acceptors (Lipinski definition) is 4. The van der Waals surface area contributed by atoms with Gasteiger partial charge in [0.2, 0.25) is 5.91 Å². The van der Waals surface area contributed by atoms with Gasteiger partial charge in [-0.05, 0) is 53.0 Å². The Kier molecular flexibility index (Phi) is 3.81. The monoisotopic (exact) mass is 324 g/mol. The Balaban J connectivity index is 1.50. The molecule has 1 aromatic rings. The van der Waals surface area contributed by atoms with Crippen molar-refractivity contribution in [2.24, 2.45) is 11.8 Å². The zero-order valence-electron chi connectivity index (χ0n) is 10.6. The van der Waals surface area contributed by atoms with Gasteiger partial charge < -0.3 is 10.6 Å². The molecule has 102 valence electrons. The maximum atomic E-state index is 12.0. The van der Waals surface area contributed by atoms with E-state index in [-0.39, 0.29) is 5.91 Å². The van der Waals surface area contributed by atoms with Crippen molar-refractivity contribution in [1.82, 2.24) is 15.2 Å². The molecule has 2 aliphatic heterocycles. The molecule has 3 rings (SSSR count). The van der Waals surface area contributed by atoms with Crippen molar-refractivity contribution in [3.63, 3.8) is 0 Å². The van der Waals surface area contributed by atoms with E-state index >= 15 is 0 Å². The largest absolute Gasteiger partial charge is 0.316 e. The highest BCUT2D eigenvalue weighted by Gasteiger charge is 2.36. The predicted molar refractivity (Wildman–Crippen MR) is 76.9 cm³/mol. The minimum Gasteiger partial charge on any atom is -0.316 e. The quantitative estimate of drug-likeness (QED) is 0.868. The number of halogens is 1. The second-order valence-corrected chi connectivity index (χ2v) is 6.20. The van der Waals surface area contributed by atoms with E-state index in [2.05, 4.69) is 36.4 Å². The van der Waals surface area contributed by atoms with Crippen molar-refractivity contribution < 1.29 is 4.79 Å². The van der Waals surface area contributed by atoms with Gasteiger partial charge in [-0.2, -0.15) is 0 Å². The summed E-state index contributed by atoms with van der Waals surface area (Å²) >= 11 is 3.32. The summed E-state index contributed by atoms with van der Waals surface area (Å²) in [5, 5.41) is 6.24. The van der Waals surface area contributed by atoms with Crippen molar-refractivity contribution in [3.8, 4) is 0 Å². The van der Waals surface area contributed by atoms with Crippen LogP contribution >= 0.6 is 15.9 Å². The highest BCUT2D eigenvalue weighted by Crippen LogP contribution is 2.25. The number of likely N-dealkylation sites (tertiary alicyclic amines) is 1. The van der Waals surface area contributed by atoms with Crippen LogP contribution in [0.3, 0.4) is 0 Å². The van der Waals surface area contributed by atoms with Gasteiger partial charge in [0.15, 0.2) is 0 Å². The van der Waals surface area contributed by atoms with Crippen LogP contribution in [0.15, 0.2) is 22.8 Å². The second kappa shape index (κ2) is 5.56. The molecule has 0 saturated carbocycles. The fraction of sp³-hybridized carbons (Fsp3) is 0.538. The molecule has 1 aromatic heterocycles. The van der Waals surface area contributed by atoms with E-state index in [1.807, 2.05) is 6.07 Å². The molecule has 0 radical (unpaired) electrons. The van der Waals surface area contributed by atoms with Crippen LogP contribution in [0.5, 0.6) is 0 Å². The molecule has 2 saturated heterocycles. The molecular formula is C13H17BrN4O. The van der Waals surface area contributed by atoms with Crippen LogP contribution in [0, 0.1) is 11.8 Å². The molecular weight excluding hydrogens is 308 g/mol. The minimum absolute atomic E-state index is 0.0164. The van der Waals surface area contributed by atoms with E-state index < -0.39 is 0 Å². The van der Waals surface area contributed by atoms with Crippen molar-refractivity contribution in [2.75, 3.05) is 38.0 Å². The summed E-state index contributed by atoms with van der Waals surface area (Å²) in [6.07, 6.45) is 1.68. The van der Waals surface area contributed by atoms with Crippen LogP contribution in [0.25, 0.3) is 0 Å². The molecule has 2 fully saturated rings. The summed E-state index contributed by atoms with van der Waals surface area (Å²) in [6.45, 7) is 4.70. The fourth-order valence-electron chi connectivity index (χ4n) is 2.92. The van der Waals surface area contributed by atoms with E-state index in [9.17, 15) is 4.79 Å². The lowest BCUT2D eigenvalue weighted by atomic mass is 10.0. The molecule has 0 spiro atoms. The summed E-state index contributed by atoms with van der Waals surface area (Å²) in [6, 6.07) is 3.67. The van der Waals surface area contributed by atoms with Crippen LogP contribution in [0.2, 0.25) is 0 Å². The van der Waals surface area contributed by atoms with Crippen molar-refractivity contribution in [1.29, 1.82) is 0 Å². The van der Waals surface area contributed by atoms with Crippen LogP contribution < -0.4 is 10.6 Å². The molecule has 3 heterocycles. The zero-order valence-corrected chi connectivity index (χ0v) is 12.2. The Morgan fingerprint density at radius 2 is 2.16 bits per heavy atom. The lowest BCUT2D eigenvalue weighted by molar-refractivity contribution is -0.117. The maximum Gasteiger partial charge on any atom is 0.239 e. The molecule has 0 aliphatic carbocycles. The van der Waals surface area contributed by atoms with Crippen molar-refractivity contribution >= 4 is 27.7 Å². The van der Waals surface area contributed by atoms with Gasteiger partial charge >= 0.3 is 0 Å². The van der Waals surface area contributed by atoms with Gasteiger partial charge in [-0.1, -0.05) is 0 Å². The van der Waals surface area contributed by atoms with E-state index in [1.54, 1.807) is 12.3 Å². The fourth-order valence-corrected chi connectivity index (χ4v) is 3.15. The Labute approximate surface area is 120 Å². The molecule has 0 bridgehead atoms. The first-order valence-electron chi connectivity index (χ1n) is 6.55. The number of carbonyl (C=O) groups excluding carboxylic acids is 1. The lowest BCUT2D eigenvalue weighted by Gasteiger charge is -2.16. The van der Waals surface area contributed by atoms with Crippen LogP contribution in [0.4, 0.5) is 5.82 Å². The molecule has 2 N–H and O–H groups in total. The molecule has 19 heavy (non-hydrogen) atoms. The van der Waals surface area contributed by atoms with Gasteiger partial charge in [0.25, 0.3) is 0 Å². The van der Waals surface area contributed by atoms with E-state index in [4.69, 9.17) is 0 Å². The number of nitrogens with zero attached hydrogens (tertiary/aromatic N) is 2. The number of anilines is 1. The number of hydrogen-bond donors (Lipinski definition) is 2. The van der Waals surface area contributed by atoms with Gasteiger partial charge in [0.05, 0.1) is 6.54 Å². The smallest absolute Gasteiger partial charge is 0.239 e. The highest BCUT2D eigenvalue weighted by molar-refractivity contribution is 9.10. The second-order valence-electron chi connectivity index (χ2n) is 5.28. The summed E-state index contributed by atoms with van der Waals surface area (Å²) in [5.74, 6) is 2.06. The molecule has 2 aliphatic rings. The van der Waals surface area contributed by atoms with E-state index in [1.165, 1.54) is 0 Å². The summed E-state index contributed by atoms with van der Waals surface area (Å²) < 4.78 is 0.908. The molecule has 2 unspecified atom stereocenters. The van der Waals surface area contributed by atoms with Crippen LogP contribution in [0.1, 0.15) is 0 Å². The topological polar surface area (TPSA) is 57.3 Å². The average molecular weight is 325 g/mol. The lowest BCUT2D eigenvalue weighted by Crippen LogP contribution is -2.33. The minimum atomic E-state index is 0.0164. The van der Waals surface area contributed by atoms with Crippen LogP contribution in [-0.4, -0.2) is 48.5 Å². The third-order valence-electron chi connectivity index (χ3n) is 3.83.